The Kier molecular flexibility index (Phi) is 8.55. The van der Waals surface area contributed by atoms with Gasteiger partial charge in [0.25, 0.3) is 5.91 Å². The molecule has 0 spiro atoms. The van der Waals surface area contributed by atoms with Crippen LogP contribution >= 0.6 is 0 Å². The highest BCUT2D eigenvalue weighted by molar-refractivity contribution is 5.93. The predicted molar refractivity (Wildman–Crippen MR) is 119 cm³/mol. The third-order valence-electron chi connectivity index (χ3n) is 4.50. The van der Waals surface area contributed by atoms with Gasteiger partial charge in [-0.25, -0.2) is 13.8 Å². The number of nitrogens with one attached hydrogen (secondary N) is 1. The summed E-state index contributed by atoms with van der Waals surface area (Å²) < 4.78 is 49.0. The van der Waals surface area contributed by atoms with E-state index in [1.807, 2.05) is 13.8 Å². The van der Waals surface area contributed by atoms with Crippen molar-refractivity contribution in [1.29, 1.82) is 0 Å². The summed E-state index contributed by atoms with van der Waals surface area (Å²) in [5.41, 5.74) is 0.128. The molecule has 1 amide bonds. The minimum atomic E-state index is -0.783. The molecule has 1 N–H and O–H groups in total. The van der Waals surface area contributed by atoms with Gasteiger partial charge in [0, 0.05) is 18.2 Å². The Morgan fingerprint density at radius 3 is 2.44 bits per heavy atom. The van der Waals surface area contributed by atoms with E-state index < -0.39 is 30.1 Å². The van der Waals surface area contributed by atoms with Gasteiger partial charge in [-0.3, -0.25) is 9.59 Å². The molecule has 0 aliphatic rings. The second-order valence-corrected chi connectivity index (χ2v) is 6.95. The molecule has 0 unspecified atom stereocenters. The van der Waals surface area contributed by atoms with Crippen LogP contribution in [0.4, 0.5) is 14.5 Å². The molecule has 1 aromatic heterocycles. The lowest BCUT2D eigenvalue weighted by atomic mass is 10.1. The van der Waals surface area contributed by atoms with Gasteiger partial charge in [-0.15, -0.1) is 0 Å². The molecule has 0 aliphatic heterocycles. The average Bonchev–Trinajstić information content (AvgIpc) is 3.27. The molecule has 0 bridgehead atoms. The molecule has 0 radical (unpaired) electrons. The third kappa shape index (κ3) is 6.53. The van der Waals surface area contributed by atoms with Gasteiger partial charge in [-0.2, -0.15) is 0 Å². The van der Waals surface area contributed by atoms with Crippen molar-refractivity contribution in [2.24, 2.45) is 0 Å². The molecular weight excluding hydrogens is 450 g/mol. The number of amides is 1. The summed E-state index contributed by atoms with van der Waals surface area (Å²) >= 11 is 0. The van der Waals surface area contributed by atoms with Crippen LogP contribution in [0.5, 0.6) is 11.5 Å². The number of halogens is 2. The monoisotopic (exact) mass is 474 g/mol. The first-order valence-corrected chi connectivity index (χ1v) is 10.7. The molecule has 2 aromatic carbocycles. The Labute approximate surface area is 194 Å². The zero-order valence-corrected chi connectivity index (χ0v) is 18.7. The van der Waals surface area contributed by atoms with Crippen LogP contribution in [-0.2, 0) is 20.7 Å². The summed E-state index contributed by atoms with van der Waals surface area (Å²) in [6, 6.07) is 8.39. The first kappa shape index (κ1) is 24.7. The minimum Gasteiger partial charge on any atom is -0.490 e. The van der Waals surface area contributed by atoms with Crippen LogP contribution in [0.3, 0.4) is 0 Å². The van der Waals surface area contributed by atoms with Gasteiger partial charge in [0.05, 0.1) is 31.4 Å². The van der Waals surface area contributed by atoms with E-state index in [4.69, 9.17) is 18.6 Å². The molecule has 180 valence electrons. The third-order valence-corrected chi connectivity index (χ3v) is 4.50. The van der Waals surface area contributed by atoms with E-state index >= 15 is 0 Å². The number of oxazole rings is 1. The van der Waals surface area contributed by atoms with E-state index in [0.717, 1.165) is 12.1 Å². The summed E-state index contributed by atoms with van der Waals surface area (Å²) in [5, 5.41) is 2.62. The Morgan fingerprint density at radius 1 is 1.03 bits per heavy atom. The summed E-state index contributed by atoms with van der Waals surface area (Å²) in [6.45, 7) is 4.08. The quantitative estimate of drug-likeness (QED) is 0.408. The van der Waals surface area contributed by atoms with Gasteiger partial charge in [-0.1, -0.05) is 6.07 Å². The van der Waals surface area contributed by atoms with E-state index in [2.05, 4.69) is 10.3 Å². The molecule has 0 fully saturated rings. The van der Waals surface area contributed by atoms with Gasteiger partial charge in [0.15, 0.2) is 29.8 Å². The number of esters is 1. The number of benzene rings is 2. The molecule has 0 atom stereocenters. The van der Waals surface area contributed by atoms with Crippen molar-refractivity contribution >= 4 is 17.6 Å². The number of hydrogen-bond donors (Lipinski definition) is 1. The van der Waals surface area contributed by atoms with Crippen LogP contribution < -0.4 is 14.8 Å². The van der Waals surface area contributed by atoms with E-state index in [1.54, 1.807) is 18.2 Å². The van der Waals surface area contributed by atoms with Gasteiger partial charge in [-0.05, 0) is 38.1 Å². The van der Waals surface area contributed by atoms with Gasteiger partial charge in [0.2, 0.25) is 0 Å². The lowest BCUT2D eigenvalue weighted by Gasteiger charge is -2.13. The predicted octanol–water partition coefficient (Wildman–Crippen LogP) is 4.53. The van der Waals surface area contributed by atoms with E-state index in [-0.39, 0.29) is 30.1 Å². The molecule has 3 rings (SSSR count). The maximum absolute atomic E-state index is 13.9. The first-order chi connectivity index (χ1) is 16.4. The van der Waals surface area contributed by atoms with Crippen molar-refractivity contribution in [2.45, 2.75) is 26.7 Å². The standard InChI is InChI=1S/C24H24F2N2O6/c1-3-31-18-9-8-15(12-19(18)32-4-2)28-21(29)14-33-23(30)11-10-22-27-13-20(34-22)24-16(25)6-5-7-17(24)26/h5-9,12-13H,3-4,10-11,14H2,1-2H3,(H,28,29). The van der Waals surface area contributed by atoms with E-state index in [0.29, 0.717) is 30.4 Å². The number of anilines is 1. The molecule has 0 aliphatic carbocycles. The zero-order valence-electron chi connectivity index (χ0n) is 18.7. The lowest BCUT2D eigenvalue weighted by molar-refractivity contribution is -0.147. The first-order valence-electron chi connectivity index (χ1n) is 10.7. The van der Waals surface area contributed by atoms with Crippen molar-refractivity contribution in [3.63, 3.8) is 0 Å². The molecule has 1 heterocycles. The van der Waals surface area contributed by atoms with Crippen LogP contribution in [0.25, 0.3) is 11.3 Å². The smallest absolute Gasteiger partial charge is 0.306 e. The van der Waals surface area contributed by atoms with Gasteiger partial charge < -0.3 is 23.9 Å². The van der Waals surface area contributed by atoms with Crippen LogP contribution in [0, 0.1) is 11.6 Å². The molecule has 0 saturated carbocycles. The molecule has 8 nitrogen and oxygen atoms in total. The molecule has 10 heteroatoms. The minimum absolute atomic E-state index is 0.0349. The number of carbonyl (C=O) groups excluding carboxylic acids is 2. The van der Waals surface area contributed by atoms with Crippen molar-refractivity contribution in [3.8, 4) is 22.8 Å². The van der Waals surface area contributed by atoms with E-state index in [9.17, 15) is 18.4 Å². The topological polar surface area (TPSA) is 99.9 Å². The van der Waals surface area contributed by atoms with Gasteiger partial charge in [0.1, 0.15) is 11.6 Å². The Morgan fingerprint density at radius 2 is 1.74 bits per heavy atom. The summed E-state index contributed by atoms with van der Waals surface area (Å²) in [4.78, 5) is 28.1. The average molecular weight is 474 g/mol. The number of carbonyl (C=O) groups is 2. The SMILES string of the molecule is CCOc1ccc(NC(=O)COC(=O)CCc2ncc(-c3c(F)cccc3F)o2)cc1OCC. The van der Waals surface area contributed by atoms with Crippen LogP contribution in [0.2, 0.25) is 0 Å². The Balaban J connectivity index is 1.48. The van der Waals surface area contributed by atoms with Crippen LogP contribution in [0.1, 0.15) is 26.2 Å². The highest BCUT2D eigenvalue weighted by atomic mass is 19.1. The number of aromatic nitrogens is 1. The van der Waals surface area contributed by atoms with Crippen molar-refractivity contribution in [1.82, 2.24) is 4.98 Å². The zero-order chi connectivity index (χ0) is 24.5. The number of nitrogens with zero attached hydrogens (tertiary/aromatic N) is 1. The second-order valence-electron chi connectivity index (χ2n) is 6.95. The number of rotatable bonds is 11. The Hall–Kier alpha value is -3.95. The maximum Gasteiger partial charge on any atom is 0.306 e. The highest BCUT2D eigenvalue weighted by Crippen LogP contribution is 2.30. The largest absolute Gasteiger partial charge is 0.490 e. The van der Waals surface area contributed by atoms with Crippen LogP contribution in [-0.4, -0.2) is 36.7 Å². The molecule has 3 aromatic rings. The normalized spacial score (nSPS) is 10.6. The van der Waals surface area contributed by atoms with Crippen molar-refractivity contribution in [3.05, 3.63) is 60.1 Å². The van der Waals surface area contributed by atoms with Crippen LogP contribution in [0.15, 0.2) is 47.0 Å². The highest BCUT2D eigenvalue weighted by Gasteiger charge is 2.17. The Bertz CT molecular complexity index is 1130. The molecule has 34 heavy (non-hydrogen) atoms. The van der Waals surface area contributed by atoms with Crippen molar-refractivity contribution in [2.75, 3.05) is 25.1 Å². The molecular formula is C24H24F2N2O6. The fraction of sp³-hybridized carbons (Fsp3) is 0.292. The van der Waals surface area contributed by atoms with E-state index in [1.165, 1.54) is 12.3 Å². The summed E-state index contributed by atoms with van der Waals surface area (Å²) in [5.74, 6) is -1.69. The number of ether oxygens (including phenoxy) is 3. The number of aryl methyl sites for hydroxylation is 1. The second kappa shape index (κ2) is 11.8. The number of hydrogen-bond acceptors (Lipinski definition) is 7. The summed E-state index contributed by atoms with van der Waals surface area (Å²) in [6.07, 6.45) is 1.08. The van der Waals surface area contributed by atoms with Gasteiger partial charge >= 0.3 is 5.97 Å². The maximum atomic E-state index is 13.9. The lowest BCUT2D eigenvalue weighted by Crippen LogP contribution is -2.21. The molecule has 0 saturated heterocycles. The summed E-state index contributed by atoms with van der Waals surface area (Å²) in [7, 11) is 0. The fourth-order valence-corrected chi connectivity index (χ4v) is 3.03. The van der Waals surface area contributed by atoms with Crippen molar-refractivity contribution < 1.29 is 37.0 Å². The fourth-order valence-electron chi connectivity index (χ4n) is 3.03.